The molecule has 25 heavy (non-hydrogen) atoms. The monoisotopic (exact) mass is 348 g/mol. The van der Waals surface area contributed by atoms with E-state index in [1.165, 1.54) is 0 Å². The zero-order valence-corrected chi connectivity index (χ0v) is 16.5. The van der Waals surface area contributed by atoms with Gasteiger partial charge in [-0.3, -0.25) is 14.4 Å². The minimum Gasteiger partial charge on any atom is -0.379 e. The van der Waals surface area contributed by atoms with E-state index in [0.29, 0.717) is 12.0 Å². The molecule has 2 saturated heterocycles. The van der Waals surface area contributed by atoms with E-state index >= 15 is 0 Å². The van der Waals surface area contributed by atoms with Crippen molar-refractivity contribution in [1.29, 1.82) is 0 Å². The Morgan fingerprint density at radius 1 is 1.16 bits per heavy atom. The van der Waals surface area contributed by atoms with Gasteiger partial charge < -0.3 is 9.64 Å². The summed E-state index contributed by atoms with van der Waals surface area (Å²) in [6, 6.07) is 0.436. The number of rotatable bonds is 2. The van der Waals surface area contributed by atoms with Crippen molar-refractivity contribution in [3.63, 3.8) is 0 Å². The fourth-order valence-electron chi connectivity index (χ4n) is 4.26. The summed E-state index contributed by atoms with van der Waals surface area (Å²) >= 11 is 0. The van der Waals surface area contributed by atoms with Crippen LogP contribution in [0, 0.1) is 19.8 Å². The molecule has 0 saturated carbocycles. The molecule has 1 aromatic heterocycles. The average Bonchev–Trinajstić information content (AvgIpc) is 3.07. The fourth-order valence-corrected chi connectivity index (χ4v) is 4.26. The first-order chi connectivity index (χ1) is 11.7. The molecule has 0 spiro atoms. The van der Waals surface area contributed by atoms with Gasteiger partial charge in [0.25, 0.3) is 5.91 Å². The lowest BCUT2D eigenvalue weighted by molar-refractivity contribution is 0.0119. The average molecular weight is 348 g/mol. The molecule has 0 aromatic carbocycles. The van der Waals surface area contributed by atoms with E-state index < -0.39 is 0 Å². The molecule has 0 radical (unpaired) electrons. The van der Waals surface area contributed by atoms with Gasteiger partial charge in [-0.15, -0.1) is 0 Å². The van der Waals surface area contributed by atoms with Crippen LogP contribution >= 0.6 is 0 Å². The van der Waals surface area contributed by atoms with Gasteiger partial charge in [0.15, 0.2) is 0 Å². The van der Waals surface area contributed by atoms with Crippen molar-refractivity contribution in [2.75, 3.05) is 39.4 Å². The fraction of sp³-hybridized carbons (Fsp3) is 0.789. The minimum absolute atomic E-state index is 0.123. The number of ether oxygens (including phenoxy) is 1. The zero-order chi connectivity index (χ0) is 18.4. The van der Waals surface area contributed by atoms with Gasteiger partial charge >= 0.3 is 0 Å². The summed E-state index contributed by atoms with van der Waals surface area (Å²) in [7, 11) is 0. The van der Waals surface area contributed by atoms with E-state index in [4.69, 9.17) is 4.74 Å². The normalized spacial score (nSPS) is 25.6. The summed E-state index contributed by atoms with van der Waals surface area (Å²) in [4.78, 5) is 17.7. The molecule has 2 aliphatic rings. The van der Waals surface area contributed by atoms with E-state index in [0.717, 1.165) is 56.3 Å². The van der Waals surface area contributed by atoms with Crippen molar-refractivity contribution in [3.05, 3.63) is 17.0 Å². The first kappa shape index (κ1) is 18.4. The van der Waals surface area contributed by atoms with E-state index in [2.05, 4.69) is 37.7 Å². The summed E-state index contributed by atoms with van der Waals surface area (Å²) in [5.74, 6) is 0.619. The SMILES string of the molecule is Cc1nn(C(C)(C)C)c(C)c1C(=O)N1C[C@@H](C)[C@H](N2CCOCC2)C1. The van der Waals surface area contributed by atoms with Gasteiger partial charge in [0.05, 0.1) is 30.0 Å². The number of morpholine rings is 1. The van der Waals surface area contributed by atoms with Gasteiger partial charge in [0, 0.05) is 37.9 Å². The van der Waals surface area contributed by atoms with Gasteiger partial charge in [-0.05, 0) is 40.5 Å². The summed E-state index contributed by atoms with van der Waals surface area (Å²) in [5, 5.41) is 4.64. The summed E-state index contributed by atoms with van der Waals surface area (Å²) < 4.78 is 7.45. The van der Waals surface area contributed by atoms with Gasteiger partial charge in [-0.2, -0.15) is 5.10 Å². The second-order valence-corrected chi connectivity index (χ2v) is 8.53. The molecule has 0 N–H and O–H groups in total. The Kier molecular flexibility index (Phi) is 4.95. The summed E-state index contributed by atoms with van der Waals surface area (Å²) in [6.07, 6.45) is 0. The van der Waals surface area contributed by atoms with Crippen molar-refractivity contribution >= 4 is 5.91 Å². The molecule has 140 valence electrons. The minimum atomic E-state index is -0.123. The number of likely N-dealkylation sites (tertiary alicyclic amines) is 1. The van der Waals surface area contributed by atoms with Crippen LogP contribution in [0.4, 0.5) is 0 Å². The van der Waals surface area contributed by atoms with Crippen molar-refractivity contribution in [2.24, 2.45) is 5.92 Å². The maximum absolute atomic E-state index is 13.2. The molecule has 1 aromatic rings. The first-order valence-corrected chi connectivity index (χ1v) is 9.38. The summed E-state index contributed by atoms with van der Waals surface area (Å²) in [6.45, 7) is 17.7. The molecule has 3 rings (SSSR count). The van der Waals surface area contributed by atoms with E-state index in [1.54, 1.807) is 0 Å². The first-order valence-electron chi connectivity index (χ1n) is 9.38. The lowest BCUT2D eigenvalue weighted by atomic mass is 10.0. The highest BCUT2D eigenvalue weighted by Crippen LogP contribution is 2.27. The third kappa shape index (κ3) is 3.47. The van der Waals surface area contributed by atoms with Crippen molar-refractivity contribution in [2.45, 2.75) is 53.1 Å². The largest absolute Gasteiger partial charge is 0.379 e. The smallest absolute Gasteiger partial charge is 0.257 e. The Labute approximate surface area is 151 Å². The highest BCUT2D eigenvalue weighted by Gasteiger charge is 2.38. The molecule has 2 aliphatic heterocycles. The van der Waals surface area contributed by atoms with Crippen LogP contribution in [-0.2, 0) is 10.3 Å². The van der Waals surface area contributed by atoms with Crippen LogP contribution < -0.4 is 0 Å². The van der Waals surface area contributed by atoms with Gasteiger partial charge in [-0.25, -0.2) is 0 Å². The molecule has 2 fully saturated rings. The number of nitrogens with zero attached hydrogens (tertiary/aromatic N) is 4. The number of amides is 1. The van der Waals surface area contributed by atoms with Crippen LogP contribution in [-0.4, -0.2) is 70.9 Å². The third-order valence-electron chi connectivity index (χ3n) is 5.52. The molecule has 0 bridgehead atoms. The Morgan fingerprint density at radius 2 is 1.80 bits per heavy atom. The zero-order valence-electron chi connectivity index (χ0n) is 16.5. The molecule has 0 aliphatic carbocycles. The Balaban J connectivity index is 1.79. The quantitative estimate of drug-likeness (QED) is 0.821. The predicted molar refractivity (Wildman–Crippen MR) is 97.9 cm³/mol. The van der Waals surface area contributed by atoms with Crippen molar-refractivity contribution in [3.8, 4) is 0 Å². The number of hydrogen-bond donors (Lipinski definition) is 0. The van der Waals surface area contributed by atoms with Gasteiger partial charge in [-0.1, -0.05) is 6.92 Å². The highest BCUT2D eigenvalue weighted by atomic mass is 16.5. The van der Waals surface area contributed by atoms with E-state index in [9.17, 15) is 4.79 Å². The number of aryl methyl sites for hydroxylation is 1. The van der Waals surface area contributed by atoms with Gasteiger partial charge in [0.1, 0.15) is 0 Å². The molecular formula is C19H32N4O2. The molecule has 2 atom stereocenters. The Bertz CT molecular complexity index is 641. The number of hydrogen-bond acceptors (Lipinski definition) is 4. The maximum atomic E-state index is 13.2. The number of aromatic nitrogens is 2. The second kappa shape index (κ2) is 6.72. The van der Waals surface area contributed by atoms with Gasteiger partial charge in [0.2, 0.25) is 0 Å². The van der Waals surface area contributed by atoms with Crippen molar-refractivity contribution in [1.82, 2.24) is 19.6 Å². The third-order valence-corrected chi connectivity index (χ3v) is 5.52. The molecule has 6 nitrogen and oxygen atoms in total. The predicted octanol–water partition coefficient (Wildman–Crippen LogP) is 2.05. The highest BCUT2D eigenvalue weighted by molar-refractivity contribution is 5.96. The lowest BCUT2D eigenvalue weighted by Gasteiger charge is -2.34. The molecule has 0 unspecified atom stereocenters. The lowest BCUT2D eigenvalue weighted by Crippen LogP contribution is -2.47. The standard InChI is InChI=1S/C19H32N4O2/c1-13-11-22(12-16(13)21-7-9-25-10-8-21)18(24)17-14(2)20-23(15(17)3)19(4,5)6/h13,16H,7-12H2,1-6H3/t13-,16-/m1/s1. The molecule has 3 heterocycles. The second-order valence-electron chi connectivity index (χ2n) is 8.53. The van der Waals surface area contributed by atoms with Crippen LogP contribution in [0.3, 0.4) is 0 Å². The van der Waals surface area contributed by atoms with Crippen LogP contribution in [0.1, 0.15) is 49.4 Å². The molecule has 6 heteroatoms. The van der Waals surface area contributed by atoms with Crippen LogP contribution in [0.5, 0.6) is 0 Å². The number of carbonyl (C=O) groups excluding carboxylic acids is 1. The van der Waals surface area contributed by atoms with Crippen molar-refractivity contribution < 1.29 is 9.53 Å². The van der Waals surface area contributed by atoms with E-state index in [-0.39, 0.29) is 11.4 Å². The topological polar surface area (TPSA) is 50.6 Å². The van der Waals surface area contributed by atoms with E-state index in [1.807, 2.05) is 23.4 Å². The molecule has 1 amide bonds. The molecular weight excluding hydrogens is 316 g/mol. The Morgan fingerprint density at radius 3 is 2.36 bits per heavy atom. The van der Waals surface area contributed by atoms with Crippen LogP contribution in [0.25, 0.3) is 0 Å². The van der Waals surface area contributed by atoms with Crippen LogP contribution in [0.2, 0.25) is 0 Å². The Hall–Kier alpha value is -1.40. The number of carbonyl (C=O) groups is 1. The summed E-state index contributed by atoms with van der Waals surface area (Å²) in [5.41, 5.74) is 2.46. The maximum Gasteiger partial charge on any atom is 0.257 e. The van der Waals surface area contributed by atoms with Crippen LogP contribution in [0.15, 0.2) is 0 Å².